The zero-order chi connectivity index (χ0) is 8.27. The second kappa shape index (κ2) is 3.60. The number of hydrogen-bond donors (Lipinski definition) is 2. The summed E-state index contributed by atoms with van der Waals surface area (Å²) < 4.78 is 0. The van der Waals surface area contributed by atoms with Crippen molar-refractivity contribution in [2.45, 2.75) is 13.8 Å². The van der Waals surface area contributed by atoms with Gasteiger partial charge >= 0.3 is 0 Å². The van der Waals surface area contributed by atoms with Gasteiger partial charge in [-0.1, -0.05) is 18.2 Å². The maximum atomic E-state index is 5.32. The first kappa shape index (κ1) is 8.37. The molecule has 0 bridgehead atoms. The smallest absolute Gasteiger partial charge is 0.0558 e. The number of rotatable bonds is 2. The van der Waals surface area contributed by atoms with Crippen LogP contribution in [0, 0.1) is 13.8 Å². The van der Waals surface area contributed by atoms with Gasteiger partial charge in [-0.15, -0.1) is 4.94 Å². The van der Waals surface area contributed by atoms with E-state index < -0.39 is 0 Å². The quantitative estimate of drug-likeness (QED) is 0.526. The van der Waals surface area contributed by atoms with Crippen molar-refractivity contribution < 1.29 is 0 Å². The van der Waals surface area contributed by atoms with E-state index in [0.29, 0.717) is 0 Å². The minimum absolute atomic E-state index is 1.04. The maximum Gasteiger partial charge on any atom is 0.0558 e. The summed E-state index contributed by atoms with van der Waals surface area (Å²) in [6.45, 7) is 4.06. The largest absolute Gasteiger partial charge is 0.307 e. The van der Waals surface area contributed by atoms with Gasteiger partial charge in [0.25, 0.3) is 0 Å². The molecule has 2 N–H and O–H groups in total. The van der Waals surface area contributed by atoms with Crippen LogP contribution in [-0.4, -0.2) is 0 Å². The molecule has 0 aliphatic rings. The molecular formula is C8H11ClN2. The van der Waals surface area contributed by atoms with Crippen LogP contribution >= 0.6 is 11.8 Å². The monoisotopic (exact) mass is 170 g/mol. The van der Waals surface area contributed by atoms with Gasteiger partial charge in [-0.3, -0.25) is 0 Å². The molecule has 0 fully saturated rings. The molecule has 0 aliphatic heterocycles. The summed E-state index contributed by atoms with van der Waals surface area (Å²) in [5, 5.41) is 0. The number of para-hydroxylation sites is 1. The Kier molecular flexibility index (Phi) is 2.74. The van der Waals surface area contributed by atoms with Crippen LogP contribution in [0.15, 0.2) is 18.2 Å². The van der Waals surface area contributed by atoms with Crippen molar-refractivity contribution in [1.82, 2.24) is 4.94 Å². The summed E-state index contributed by atoms with van der Waals surface area (Å²) in [7, 11) is 0. The fourth-order valence-corrected chi connectivity index (χ4v) is 1.15. The summed E-state index contributed by atoms with van der Waals surface area (Å²) in [6, 6.07) is 6.08. The van der Waals surface area contributed by atoms with Gasteiger partial charge in [0, 0.05) is 0 Å². The van der Waals surface area contributed by atoms with Gasteiger partial charge in [0.2, 0.25) is 0 Å². The van der Waals surface area contributed by atoms with Gasteiger partial charge in [0.15, 0.2) is 0 Å². The van der Waals surface area contributed by atoms with Crippen molar-refractivity contribution in [1.29, 1.82) is 0 Å². The zero-order valence-corrected chi connectivity index (χ0v) is 7.37. The highest BCUT2D eigenvalue weighted by atomic mass is 35.5. The molecule has 0 heterocycles. The molecule has 0 saturated heterocycles. The summed E-state index contributed by atoms with van der Waals surface area (Å²) in [5.41, 5.74) is 6.26. The number of nitrogens with one attached hydrogen (secondary N) is 2. The van der Waals surface area contributed by atoms with Crippen molar-refractivity contribution in [2.24, 2.45) is 0 Å². The van der Waals surface area contributed by atoms with Crippen LogP contribution in [0.4, 0.5) is 5.69 Å². The Hall–Kier alpha value is -0.730. The minimum Gasteiger partial charge on any atom is -0.307 e. The molecule has 3 heteroatoms. The minimum atomic E-state index is 1.04. The predicted molar refractivity (Wildman–Crippen MR) is 48.5 cm³/mol. The van der Waals surface area contributed by atoms with Crippen LogP contribution in [0.2, 0.25) is 0 Å². The first-order chi connectivity index (χ1) is 5.25. The molecule has 0 aromatic heterocycles. The summed E-state index contributed by atoms with van der Waals surface area (Å²) in [5.74, 6) is 0. The predicted octanol–water partition coefficient (Wildman–Crippen LogP) is 2.37. The highest BCUT2D eigenvalue weighted by Crippen LogP contribution is 2.17. The summed E-state index contributed by atoms with van der Waals surface area (Å²) in [4.78, 5) is 2.39. The van der Waals surface area contributed by atoms with Crippen LogP contribution in [0.5, 0.6) is 0 Å². The van der Waals surface area contributed by atoms with E-state index in [4.69, 9.17) is 11.8 Å². The molecule has 11 heavy (non-hydrogen) atoms. The molecule has 0 saturated carbocycles. The van der Waals surface area contributed by atoms with E-state index in [1.54, 1.807) is 0 Å². The molecule has 1 rings (SSSR count). The van der Waals surface area contributed by atoms with Crippen molar-refractivity contribution >= 4 is 17.5 Å². The maximum absolute atomic E-state index is 5.32. The lowest BCUT2D eigenvalue weighted by Gasteiger charge is -2.09. The van der Waals surface area contributed by atoms with E-state index in [1.165, 1.54) is 11.1 Å². The molecule has 1 aromatic carbocycles. The van der Waals surface area contributed by atoms with Gasteiger partial charge in [0.05, 0.1) is 5.69 Å². The Morgan fingerprint density at radius 1 is 1.18 bits per heavy atom. The van der Waals surface area contributed by atoms with Crippen LogP contribution in [0.25, 0.3) is 0 Å². The van der Waals surface area contributed by atoms with E-state index in [1.807, 2.05) is 32.0 Å². The van der Waals surface area contributed by atoms with Crippen molar-refractivity contribution in [3.8, 4) is 0 Å². The average Bonchev–Trinajstić information content (AvgIpc) is 1.97. The van der Waals surface area contributed by atoms with E-state index in [-0.39, 0.29) is 0 Å². The fourth-order valence-electron chi connectivity index (χ4n) is 1.06. The lowest BCUT2D eigenvalue weighted by atomic mass is 10.1. The van der Waals surface area contributed by atoms with E-state index in [0.717, 1.165) is 5.69 Å². The van der Waals surface area contributed by atoms with E-state index >= 15 is 0 Å². The fraction of sp³-hybridized carbons (Fsp3) is 0.250. The highest BCUT2D eigenvalue weighted by Gasteiger charge is 1.98. The Balaban J connectivity index is 3.00. The number of benzene rings is 1. The normalized spacial score (nSPS) is 9.73. The number of halogens is 1. The molecule has 0 unspecified atom stereocenters. The summed E-state index contributed by atoms with van der Waals surface area (Å²) >= 11 is 5.32. The van der Waals surface area contributed by atoms with Gasteiger partial charge < -0.3 is 5.43 Å². The molecule has 0 atom stereocenters. The third kappa shape index (κ3) is 1.85. The first-order valence-electron chi connectivity index (χ1n) is 3.43. The molecule has 0 radical (unpaired) electrons. The lowest BCUT2D eigenvalue weighted by Crippen LogP contribution is -2.10. The Labute approximate surface area is 71.6 Å². The lowest BCUT2D eigenvalue weighted by molar-refractivity contribution is 1.17. The van der Waals surface area contributed by atoms with Crippen LogP contribution < -0.4 is 10.4 Å². The number of anilines is 1. The highest BCUT2D eigenvalue weighted by molar-refractivity contribution is 6.14. The number of aryl methyl sites for hydroxylation is 2. The average molecular weight is 171 g/mol. The molecule has 1 aromatic rings. The van der Waals surface area contributed by atoms with Gasteiger partial charge in [-0.2, -0.15) is 0 Å². The van der Waals surface area contributed by atoms with Crippen LogP contribution in [0.1, 0.15) is 11.1 Å². The Morgan fingerprint density at radius 2 is 1.73 bits per heavy atom. The van der Waals surface area contributed by atoms with Gasteiger partial charge in [-0.25, -0.2) is 0 Å². The van der Waals surface area contributed by atoms with Crippen molar-refractivity contribution in [3.05, 3.63) is 29.3 Å². The third-order valence-corrected chi connectivity index (χ3v) is 1.75. The molecular weight excluding hydrogens is 160 g/mol. The molecule has 0 spiro atoms. The SMILES string of the molecule is Cc1cccc(C)c1NNCl. The van der Waals surface area contributed by atoms with Crippen molar-refractivity contribution in [2.75, 3.05) is 5.43 Å². The van der Waals surface area contributed by atoms with E-state index in [9.17, 15) is 0 Å². The second-order valence-electron chi connectivity index (χ2n) is 2.49. The van der Waals surface area contributed by atoms with Crippen LogP contribution in [-0.2, 0) is 0 Å². The van der Waals surface area contributed by atoms with Crippen molar-refractivity contribution in [3.63, 3.8) is 0 Å². The van der Waals surface area contributed by atoms with Crippen LogP contribution in [0.3, 0.4) is 0 Å². The van der Waals surface area contributed by atoms with Gasteiger partial charge in [-0.05, 0) is 36.8 Å². The number of hydrogen-bond acceptors (Lipinski definition) is 2. The summed E-state index contributed by atoms with van der Waals surface area (Å²) in [6.07, 6.45) is 0. The second-order valence-corrected chi connectivity index (χ2v) is 2.68. The Morgan fingerprint density at radius 3 is 2.18 bits per heavy atom. The standard InChI is InChI=1S/C8H11ClN2/c1-6-4-3-5-7(2)8(6)10-11-9/h3-5,10-11H,1-2H3. The topological polar surface area (TPSA) is 24.1 Å². The molecule has 0 amide bonds. The molecule has 2 nitrogen and oxygen atoms in total. The van der Waals surface area contributed by atoms with E-state index in [2.05, 4.69) is 10.4 Å². The third-order valence-electron chi connectivity index (χ3n) is 1.65. The Bertz CT molecular complexity index is 228. The first-order valence-corrected chi connectivity index (χ1v) is 3.81. The zero-order valence-electron chi connectivity index (χ0n) is 6.61. The number of hydrazine groups is 1. The molecule has 60 valence electrons. The molecule has 0 aliphatic carbocycles. The van der Waals surface area contributed by atoms with Gasteiger partial charge in [0.1, 0.15) is 0 Å².